The Morgan fingerprint density at radius 2 is 2.04 bits per heavy atom. The molecule has 2 aromatic rings. The third kappa shape index (κ3) is 4.34. The van der Waals surface area contributed by atoms with Gasteiger partial charge < -0.3 is 9.80 Å². The first-order valence-corrected chi connectivity index (χ1v) is 9.28. The summed E-state index contributed by atoms with van der Waals surface area (Å²) in [6.45, 7) is 10.9. The highest BCUT2D eigenvalue weighted by Gasteiger charge is 2.21. The Morgan fingerprint density at radius 1 is 1.20 bits per heavy atom. The maximum absolute atomic E-state index is 4.80. The zero-order valence-corrected chi connectivity index (χ0v) is 15.9. The molecule has 0 bridgehead atoms. The summed E-state index contributed by atoms with van der Waals surface area (Å²) in [5.41, 5.74) is 4.07. The zero-order valence-electron chi connectivity index (χ0n) is 15.9. The van der Waals surface area contributed by atoms with Crippen LogP contribution in [0.4, 0.5) is 5.95 Å². The summed E-state index contributed by atoms with van der Waals surface area (Å²) < 4.78 is 0. The predicted molar refractivity (Wildman–Crippen MR) is 103 cm³/mol. The SMILES string of the molecule is CCN1CCC[C@@H](CN(C)c2nccc(-c3ccc(C)nc3C)n2)C1. The lowest BCUT2D eigenvalue weighted by Gasteiger charge is -2.34. The van der Waals surface area contributed by atoms with Gasteiger partial charge in [0.15, 0.2) is 0 Å². The van der Waals surface area contributed by atoms with Gasteiger partial charge in [0, 0.05) is 43.3 Å². The molecule has 5 heteroatoms. The molecule has 0 spiro atoms. The third-order valence-electron chi connectivity index (χ3n) is 5.07. The number of nitrogens with zero attached hydrogens (tertiary/aromatic N) is 5. The van der Waals surface area contributed by atoms with Crippen LogP contribution in [0.1, 0.15) is 31.2 Å². The molecular weight excluding hydrogens is 310 g/mol. The van der Waals surface area contributed by atoms with Crippen molar-refractivity contribution in [3.8, 4) is 11.3 Å². The number of aromatic nitrogens is 3. The van der Waals surface area contributed by atoms with Crippen molar-refractivity contribution in [2.24, 2.45) is 5.92 Å². The molecule has 1 aliphatic heterocycles. The summed E-state index contributed by atoms with van der Waals surface area (Å²) in [5, 5.41) is 0. The van der Waals surface area contributed by atoms with E-state index < -0.39 is 0 Å². The summed E-state index contributed by atoms with van der Waals surface area (Å²) >= 11 is 0. The largest absolute Gasteiger partial charge is 0.344 e. The van der Waals surface area contributed by atoms with Crippen molar-refractivity contribution in [1.82, 2.24) is 19.9 Å². The quantitative estimate of drug-likeness (QED) is 0.836. The molecule has 0 N–H and O–H groups in total. The highest BCUT2D eigenvalue weighted by Crippen LogP contribution is 2.23. The number of rotatable bonds is 5. The maximum atomic E-state index is 4.80. The van der Waals surface area contributed by atoms with E-state index in [1.165, 1.54) is 25.9 Å². The maximum Gasteiger partial charge on any atom is 0.225 e. The molecule has 0 amide bonds. The van der Waals surface area contributed by atoms with Gasteiger partial charge in [-0.1, -0.05) is 6.92 Å². The number of aryl methyl sites for hydroxylation is 2. The standard InChI is InChI=1S/C20H29N5/c1-5-25-12-6-7-17(14-25)13-24(4)20-21-11-10-19(23-20)18-9-8-15(2)22-16(18)3/h8-11,17H,5-7,12-14H2,1-4H3/t17-/m0/s1. The average Bonchev–Trinajstić information content (AvgIpc) is 2.62. The molecule has 1 saturated heterocycles. The average molecular weight is 339 g/mol. The molecule has 3 rings (SSSR count). The first-order chi connectivity index (χ1) is 12.1. The van der Waals surface area contributed by atoms with E-state index in [-0.39, 0.29) is 0 Å². The topological polar surface area (TPSA) is 45.2 Å². The molecule has 1 fully saturated rings. The smallest absolute Gasteiger partial charge is 0.225 e. The van der Waals surface area contributed by atoms with E-state index >= 15 is 0 Å². The third-order valence-corrected chi connectivity index (χ3v) is 5.07. The number of likely N-dealkylation sites (tertiary alicyclic amines) is 1. The summed E-state index contributed by atoms with van der Waals surface area (Å²) in [6, 6.07) is 6.11. The summed E-state index contributed by atoms with van der Waals surface area (Å²) in [6.07, 6.45) is 4.44. The van der Waals surface area contributed by atoms with Crippen molar-refractivity contribution < 1.29 is 0 Å². The Labute approximate surface area is 151 Å². The summed E-state index contributed by atoms with van der Waals surface area (Å²) in [7, 11) is 2.10. The Balaban J connectivity index is 1.74. The zero-order chi connectivity index (χ0) is 17.8. The fourth-order valence-electron chi connectivity index (χ4n) is 3.70. The van der Waals surface area contributed by atoms with Crippen molar-refractivity contribution in [2.45, 2.75) is 33.6 Å². The molecule has 0 aliphatic carbocycles. The van der Waals surface area contributed by atoms with Gasteiger partial charge in [-0.15, -0.1) is 0 Å². The van der Waals surface area contributed by atoms with Crippen LogP contribution in [0.25, 0.3) is 11.3 Å². The van der Waals surface area contributed by atoms with E-state index in [1.54, 1.807) is 0 Å². The van der Waals surface area contributed by atoms with E-state index in [0.29, 0.717) is 5.92 Å². The number of anilines is 1. The Bertz CT molecular complexity index is 715. The Hall–Kier alpha value is -2.01. The molecule has 25 heavy (non-hydrogen) atoms. The second kappa shape index (κ2) is 7.91. The molecule has 134 valence electrons. The lowest BCUT2D eigenvalue weighted by Crippen LogP contribution is -2.40. The molecule has 1 atom stereocenters. The van der Waals surface area contributed by atoms with Crippen molar-refractivity contribution in [2.75, 3.05) is 38.1 Å². The molecule has 0 radical (unpaired) electrons. The van der Waals surface area contributed by atoms with E-state index in [4.69, 9.17) is 4.98 Å². The molecule has 0 unspecified atom stereocenters. The van der Waals surface area contributed by atoms with E-state index in [1.807, 2.05) is 32.2 Å². The Morgan fingerprint density at radius 3 is 2.80 bits per heavy atom. The Kier molecular flexibility index (Phi) is 5.63. The first-order valence-electron chi connectivity index (χ1n) is 9.28. The van der Waals surface area contributed by atoms with Crippen molar-refractivity contribution >= 4 is 5.95 Å². The normalized spacial score (nSPS) is 18.3. The number of hydrogen-bond donors (Lipinski definition) is 0. The van der Waals surface area contributed by atoms with Crippen LogP contribution in [-0.4, -0.2) is 53.1 Å². The van der Waals surface area contributed by atoms with Crippen LogP contribution in [0.2, 0.25) is 0 Å². The molecule has 5 nitrogen and oxygen atoms in total. The molecule has 3 heterocycles. The van der Waals surface area contributed by atoms with Gasteiger partial charge in [0.2, 0.25) is 5.95 Å². The fraction of sp³-hybridized carbons (Fsp3) is 0.550. The van der Waals surface area contributed by atoms with Crippen LogP contribution >= 0.6 is 0 Å². The van der Waals surface area contributed by atoms with Gasteiger partial charge in [-0.3, -0.25) is 4.98 Å². The van der Waals surface area contributed by atoms with Gasteiger partial charge in [-0.25, -0.2) is 9.97 Å². The van der Waals surface area contributed by atoms with Crippen LogP contribution in [0.5, 0.6) is 0 Å². The molecule has 0 aromatic carbocycles. The summed E-state index contributed by atoms with van der Waals surface area (Å²) in [4.78, 5) is 18.6. The lowest BCUT2D eigenvalue weighted by molar-refractivity contribution is 0.185. The van der Waals surface area contributed by atoms with Gasteiger partial charge in [0.25, 0.3) is 0 Å². The monoisotopic (exact) mass is 339 g/mol. The van der Waals surface area contributed by atoms with Gasteiger partial charge in [-0.05, 0) is 63.9 Å². The van der Waals surface area contributed by atoms with Crippen molar-refractivity contribution in [1.29, 1.82) is 0 Å². The number of pyridine rings is 1. The van der Waals surface area contributed by atoms with E-state index in [0.717, 1.165) is 41.7 Å². The second-order valence-corrected chi connectivity index (χ2v) is 7.11. The minimum atomic E-state index is 0.689. The summed E-state index contributed by atoms with van der Waals surface area (Å²) in [5.74, 6) is 1.49. The minimum absolute atomic E-state index is 0.689. The van der Waals surface area contributed by atoms with Crippen LogP contribution in [0.3, 0.4) is 0 Å². The van der Waals surface area contributed by atoms with Crippen LogP contribution in [0.15, 0.2) is 24.4 Å². The number of hydrogen-bond acceptors (Lipinski definition) is 5. The van der Waals surface area contributed by atoms with Gasteiger partial charge in [0.05, 0.1) is 5.69 Å². The van der Waals surface area contributed by atoms with Crippen LogP contribution in [0, 0.1) is 19.8 Å². The van der Waals surface area contributed by atoms with Crippen molar-refractivity contribution in [3.05, 3.63) is 35.8 Å². The number of piperidine rings is 1. The minimum Gasteiger partial charge on any atom is -0.344 e. The second-order valence-electron chi connectivity index (χ2n) is 7.11. The highest BCUT2D eigenvalue weighted by molar-refractivity contribution is 5.62. The first kappa shape index (κ1) is 17.8. The van der Waals surface area contributed by atoms with Crippen LogP contribution in [-0.2, 0) is 0 Å². The fourth-order valence-corrected chi connectivity index (χ4v) is 3.70. The van der Waals surface area contributed by atoms with Gasteiger partial charge in [0.1, 0.15) is 0 Å². The molecule has 1 aliphatic rings. The van der Waals surface area contributed by atoms with Crippen molar-refractivity contribution in [3.63, 3.8) is 0 Å². The van der Waals surface area contributed by atoms with Gasteiger partial charge >= 0.3 is 0 Å². The van der Waals surface area contributed by atoms with Gasteiger partial charge in [-0.2, -0.15) is 0 Å². The van der Waals surface area contributed by atoms with E-state index in [9.17, 15) is 0 Å². The molecule has 2 aromatic heterocycles. The molecule has 0 saturated carbocycles. The van der Waals surface area contributed by atoms with E-state index in [2.05, 4.69) is 39.8 Å². The van der Waals surface area contributed by atoms with Crippen LogP contribution < -0.4 is 4.90 Å². The molecular formula is C20H29N5. The predicted octanol–water partition coefficient (Wildman–Crippen LogP) is 3.32. The highest BCUT2D eigenvalue weighted by atomic mass is 15.2. The lowest BCUT2D eigenvalue weighted by atomic mass is 9.97.